The highest BCUT2D eigenvalue weighted by Gasteiger charge is 2.17. The van der Waals surface area contributed by atoms with Gasteiger partial charge in [0.1, 0.15) is 0 Å². The van der Waals surface area contributed by atoms with Gasteiger partial charge in [-0.15, -0.1) is 0 Å². The van der Waals surface area contributed by atoms with Crippen LogP contribution in [0.15, 0.2) is 36.7 Å². The van der Waals surface area contributed by atoms with Crippen molar-refractivity contribution >= 4 is 40.5 Å². The van der Waals surface area contributed by atoms with Gasteiger partial charge in [-0.2, -0.15) is 0 Å². The van der Waals surface area contributed by atoms with Crippen LogP contribution in [-0.2, 0) is 4.74 Å². The number of hydrogen-bond donors (Lipinski definition) is 2. The summed E-state index contributed by atoms with van der Waals surface area (Å²) < 4.78 is 5.50. The van der Waals surface area contributed by atoms with Crippen LogP contribution in [0, 0.1) is 0 Å². The van der Waals surface area contributed by atoms with Crippen molar-refractivity contribution in [2.24, 2.45) is 0 Å². The van der Waals surface area contributed by atoms with Crippen molar-refractivity contribution in [3.05, 3.63) is 52.3 Å². The second-order valence-electron chi connectivity index (χ2n) is 5.56. The van der Waals surface area contributed by atoms with E-state index in [2.05, 4.69) is 15.6 Å². The molecule has 1 unspecified atom stereocenters. The van der Waals surface area contributed by atoms with Gasteiger partial charge >= 0.3 is 0 Å². The van der Waals surface area contributed by atoms with E-state index < -0.39 is 0 Å². The van der Waals surface area contributed by atoms with Crippen LogP contribution < -0.4 is 10.6 Å². The third-order valence-electron chi connectivity index (χ3n) is 3.72. The highest BCUT2D eigenvalue weighted by Crippen LogP contribution is 2.27. The van der Waals surface area contributed by atoms with Crippen LogP contribution in [0.2, 0.25) is 10.0 Å². The molecule has 1 fully saturated rings. The molecule has 1 atom stereocenters. The third kappa shape index (κ3) is 4.38. The van der Waals surface area contributed by atoms with Crippen LogP contribution in [0.5, 0.6) is 0 Å². The molecule has 1 aliphatic heterocycles. The highest BCUT2D eigenvalue weighted by molar-refractivity contribution is 6.42. The summed E-state index contributed by atoms with van der Waals surface area (Å²) in [7, 11) is 0. The number of carbonyl (C=O) groups is 1. The first-order valence-corrected chi connectivity index (χ1v) is 8.44. The fourth-order valence-corrected chi connectivity index (χ4v) is 2.79. The van der Waals surface area contributed by atoms with Gasteiger partial charge in [-0.3, -0.25) is 9.78 Å². The van der Waals surface area contributed by atoms with Crippen molar-refractivity contribution in [3.63, 3.8) is 0 Å². The molecule has 3 rings (SSSR count). The Morgan fingerprint density at radius 2 is 2.08 bits per heavy atom. The number of ether oxygens (including phenoxy) is 1. The van der Waals surface area contributed by atoms with Crippen LogP contribution in [0.3, 0.4) is 0 Å². The largest absolute Gasteiger partial charge is 0.376 e. The normalized spacial score (nSPS) is 16.8. The second-order valence-corrected chi connectivity index (χ2v) is 6.38. The summed E-state index contributed by atoms with van der Waals surface area (Å²) in [6.45, 7) is 1.29. The Labute approximate surface area is 150 Å². The Morgan fingerprint density at radius 3 is 2.83 bits per heavy atom. The molecule has 2 N–H and O–H groups in total. The van der Waals surface area contributed by atoms with Crippen LogP contribution >= 0.6 is 23.2 Å². The van der Waals surface area contributed by atoms with E-state index in [1.165, 1.54) is 6.20 Å². The second kappa shape index (κ2) is 7.83. The van der Waals surface area contributed by atoms with Crippen LogP contribution in [0.25, 0.3) is 0 Å². The van der Waals surface area contributed by atoms with Gasteiger partial charge < -0.3 is 15.4 Å². The van der Waals surface area contributed by atoms with E-state index in [0.717, 1.165) is 25.1 Å². The molecule has 2 aromatic rings. The van der Waals surface area contributed by atoms with Gasteiger partial charge in [0.05, 0.1) is 33.6 Å². The fourth-order valence-electron chi connectivity index (χ4n) is 2.49. The monoisotopic (exact) mass is 365 g/mol. The molecule has 0 aliphatic carbocycles. The standard InChI is InChI=1S/C17H17Cl2N3O2/c18-15-4-3-12(7-16(15)19)22-13-6-11(8-20-9-13)17(23)21-10-14-2-1-5-24-14/h3-4,6-9,14,22H,1-2,5,10H2,(H,21,23). The lowest BCUT2D eigenvalue weighted by Crippen LogP contribution is -2.31. The molecular weight excluding hydrogens is 349 g/mol. The number of carbonyl (C=O) groups excluding carboxylic acids is 1. The maximum atomic E-state index is 12.2. The summed E-state index contributed by atoms with van der Waals surface area (Å²) in [6, 6.07) is 6.96. The third-order valence-corrected chi connectivity index (χ3v) is 4.46. The molecule has 0 radical (unpaired) electrons. The number of benzene rings is 1. The van der Waals surface area contributed by atoms with E-state index in [9.17, 15) is 4.79 Å². The van der Waals surface area contributed by atoms with Crippen molar-refractivity contribution in [3.8, 4) is 0 Å². The average Bonchev–Trinajstić information content (AvgIpc) is 3.10. The van der Waals surface area contributed by atoms with Gasteiger partial charge in [-0.25, -0.2) is 0 Å². The van der Waals surface area contributed by atoms with Crippen LogP contribution in [0.4, 0.5) is 11.4 Å². The maximum absolute atomic E-state index is 12.2. The number of aromatic nitrogens is 1. The molecule has 1 aromatic heterocycles. The lowest BCUT2D eigenvalue weighted by Gasteiger charge is -2.12. The predicted molar refractivity (Wildman–Crippen MR) is 95.3 cm³/mol. The average molecular weight is 366 g/mol. The Morgan fingerprint density at radius 1 is 1.21 bits per heavy atom. The zero-order chi connectivity index (χ0) is 16.9. The molecule has 126 valence electrons. The molecule has 1 aliphatic rings. The summed E-state index contributed by atoms with van der Waals surface area (Å²) in [5.74, 6) is -0.171. The van der Waals surface area contributed by atoms with E-state index >= 15 is 0 Å². The summed E-state index contributed by atoms with van der Waals surface area (Å²) in [5, 5.41) is 6.98. The number of nitrogens with zero attached hydrogens (tertiary/aromatic N) is 1. The van der Waals surface area contributed by atoms with E-state index in [4.69, 9.17) is 27.9 Å². The minimum absolute atomic E-state index is 0.111. The summed E-state index contributed by atoms with van der Waals surface area (Å²) in [5.41, 5.74) is 1.94. The van der Waals surface area contributed by atoms with E-state index in [-0.39, 0.29) is 12.0 Å². The lowest BCUT2D eigenvalue weighted by atomic mass is 10.2. The number of anilines is 2. The lowest BCUT2D eigenvalue weighted by molar-refractivity contribution is 0.0857. The molecule has 0 saturated carbocycles. The minimum Gasteiger partial charge on any atom is -0.376 e. The van der Waals surface area contributed by atoms with Crippen molar-refractivity contribution in [2.75, 3.05) is 18.5 Å². The van der Waals surface area contributed by atoms with E-state index in [0.29, 0.717) is 27.8 Å². The van der Waals surface area contributed by atoms with Gasteiger partial charge in [0, 0.05) is 25.0 Å². The van der Waals surface area contributed by atoms with Crippen molar-refractivity contribution in [2.45, 2.75) is 18.9 Å². The molecule has 2 heterocycles. The summed E-state index contributed by atoms with van der Waals surface area (Å²) in [4.78, 5) is 16.3. The molecular formula is C17H17Cl2N3O2. The van der Waals surface area contributed by atoms with Crippen LogP contribution in [-0.4, -0.2) is 30.1 Å². The molecule has 1 aromatic carbocycles. The number of rotatable bonds is 5. The van der Waals surface area contributed by atoms with Crippen molar-refractivity contribution < 1.29 is 9.53 Å². The quantitative estimate of drug-likeness (QED) is 0.838. The summed E-state index contributed by atoms with van der Waals surface area (Å²) in [6.07, 6.45) is 5.31. The molecule has 0 bridgehead atoms. The molecule has 24 heavy (non-hydrogen) atoms. The number of nitrogens with one attached hydrogen (secondary N) is 2. The number of pyridine rings is 1. The zero-order valence-electron chi connectivity index (χ0n) is 12.9. The van der Waals surface area contributed by atoms with Crippen molar-refractivity contribution in [1.82, 2.24) is 10.3 Å². The highest BCUT2D eigenvalue weighted by atomic mass is 35.5. The Hall–Kier alpha value is -1.82. The van der Waals surface area contributed by atoms with Gasteiger partial charge in [0.2, 0.25) is 0 Å². The van der Waals surface area contributed by atoms with Gasteiger partial charge in [-0.05, 0) is 37.1 Å². The zero-order valence-corrected chi connectivity index (χ0v) is 14.4. The van der Waals surface area contributed by atoms with Gasteiger partial charge in [0.15, 0.2) is 0 Å². The Balaban J connectivity index is 1.64. The Bertz CT molecular complexity index is 734. The number of hydrogen-bond acceptors (Lipinski definition) is 4. The fraction of sp³-hybridized carbons (Fsp3) is 0.294. The first-order valence-electron chi connectivity index (χ1n) is 7.69. The SMILES string of the molecule is O=C(NCC1CCCO1)c1cncc(Nc2ccc(Cl)c(Cl)c2)c1. The van der Waals surface area contributed by atoms with Gasteiger partial charge in [-0.1, -0.05) is 23.2 Å². The molecule has 7 heteroatoms. The first-order chi connectivity index (χ1) is 11.6. The summed E-state index contributed by atoms with van der Waals surface area (Å²) >= 11 is 11.9. The molecule has 1 amide bonds. The van der Waals surface area contributed by atoms with E-state index in [1.54, 1.807) is 30.5 Å². The number of amides is 1. The molecule has 0 spiro atoms. The Kier molecular flexibility index (Phi) is 5.56. The smallest absolute Gasteiger partial charge is 0.253 e. The van der Waals surface area contributed by atoms with Crippen LogP contribution in [0.1, 0.15) is 23.2 Å². The first kappa shape index (κ1) is 17.0. The molecule has 5 nitrogen and oxygen atoms in total. The van der Waals surface area contributed by atoms with Gasteiger partial charge in [0.25, 0.3) is 5.91 Å². The predicted octanol–water partition coefficient (Wildman–Crippen LogP) is 4.04. The van der Waals surface area contributed by atoms with Crippen molar-refractivity contribution in [1.29, 1.82) is 0 Å². The minimum atomic E-state index is -0.171. The topological polar surface area (TPSA) is 63.2 Å². The van der Waals surface area contributed by atoms with E-state index in [1.807, 2.05) is 0 Å². The maximum Gasteiger partial charge on any atom is 0.253 e. The molecule has 1 saturated heterocycles. The number of halogens is 2.